The molecule has 1 aromatic rings. The van der Waals surface area contributed by atoms with E-state index in [0.29, 0.717) is 6.07 Å². The van der Waals surface area contributed by atoms with Crippen LogP contribution in [0.3, 0.4) is 0 Å². The van der Waals surface area contributed by atoms with Gasteiger partial charge in [-0.1, -0.05) is 0 Å². The minimum Gasteiger partial charge on any atom is -0.329 e. The third-order valence-electron chi connectivity index (χ3n) is 3.48. The molecule has 1 aromatic carbocycles. The zero-order valence-electron chi connectivity index (χ0n) is 11.8. The fourth-order valence-electron chi connectivity index (χ4n) is 2.13. The van der Waals surface area contributed by atoms with Crippen LogP contribution in [0.15, 0.2) is 23.1 Å². The molecule has 0 spiro atoms. The van der Waals surface area contributed by atoms with Crippen molar-refractivity contribution < 1.29 is 21.6 Å². The standard InChI is InChI=1S/C13H14F3N3O2S.ClH/c14-13(15,16)11-5-10(4-3-9(11)6-17)22(20,21)19-12(7-18)8-1-2-8;/h3-5,8,12,19H,1-2,7,18H2;1H. The van der Waals surface area contributed by atoms with Gasteiger partial charge in [0.05, 0.1) is 22.1 Å². The smallest absolute Gasteiger partial charge is 0.329 e. The Balaban J connectivity index is 0.00000264. The SMILES string of the molecule is Cl.N#Cc1ccc(S(=O)(=O)NC(CN)C2CC2)cc1C(F)(F)F. The summed E-state index contributed by atoms with van der Waals surface area (Å²) in [5, 5.41) is 8.71. The van der Waals surface area contributed by atoms with E-state index in [-0.39, 0.29) is 24.9 Å². The largest absolute Gasteiger partial charge is 0.417 e. The number of nitriles is 1. The predicted octanol–water partition coefficient (Wildman–Crippen LogP) is 2.01. The number of nitrogens with zero attached hydrogens (tertiary/aromatic N) is 1. The maximum Gasteiger partial charge on any atom is 0.417 e. The number of alkyl halides is 3. The molecule has 1 saturated carbocycles. The van der Waals surface area contributed by atoms with Gasteiger partial charge in [-0.25, -0.2) is 13.1 Å². The van der Waals surface area contributed by atoms with Crippen molar-refractivity contribution in [3.63, 3.8) is 0 Å². The van der Waals surface area contributed by atoms with Crippen molar-refractivity contribution >= 4 is 22.4 Å². The number of benzene rings is 1. The maximum atomic E-state index is 12.9. The molecule has 1 aliphatic rings. The van der Waals surface area contributed by atoms with Gasteiger partial charge in [0.1, 0.15) is 0 Å². The number of hydrogen-bond acceptors (Lipinski definition) is 4. The zero-order chi connectivity index (χ0) is 16.5. The van der Waals surface area contributed by atoms with Crippen LogP contribution in [0.1, 0.15) is 24.0 Å². The summed E-state index contributed by atoms with van der Waals surface area (Å²) in [7, 11) is -4.12. The van der Waals surface area contributed by atoms with Crippen LogP contribution in [-0.2, 0) is 16.2 Å². The van der Waals surface area contributed by atoms with Crippen LogP contribution in [-0.4, -0.2) is 21.0 Å². The van der Waals surface area contributed by atoms with Crippen LogP contribution in [0.25, 0.3) is 0 Å². The van der Waals surface area contributed by atoms with Gasteiger partial charge in [-0.05, 0) is 37.0 Å². The fourth-order valence-corrected chi connectivity index (χ4v) is 3.47. The molecule has 0 heterocycles. The zero-order valence-corrected chi connectivity index (χ0v) is 13.4. The molecule has 10 heteroatoms. The van der Waals surface area contributed by atoms with Gasteiger partial charge in [0.2, 0.25) is 10.0 Å². The van der Waals surface area contributed by atoms with E-state index in [1.165, 1.54) is 6.07 Å². The van der Waals surface area contributed by atoms with Crippen molar-refractivity contribution in [2.75, 3.05) is 6.54 Å². The van der Waals surface area contributed by atoms with E-state index in [1.54, 1.807) is 0 Å². The number of nitrogens with two attached hydrogens (primary N) is 1. The highest BCUT2D eigenvalue weighted by Crippen LogP contribution is 2.35. The molecule has 2 rings (SSSR count). The van der Waals surface area contributed by atoms with Crippen molar-refractivity contribution in [1.82, 2.24) is 4.72 Å². The fraction of sp³-hybridized carbons (Fsp3) is 0.462. The molecule has 1 unspecified atom stereocenters. The number of rotatable bonds is 5. The van der Waals surface area contributed by atoms with Crippen LogP contribution < -0.4 is 10.5 Å². The first-order valence-corrected chi connectivity index (χ1v) is 8.01. The third kappa shape index (κ3) is 4.57. The maximum absolute atomic E-state index is 12.9. The van der Waals surface area contributed by atoms with Gasteiger partial charge in [0.25, 0.3) is 0 Å². The lowest BCUT2D eigenvalue weighted by molar-refractivity contribution is -0.137. The Morgan fingerprint density at radius 2 is 2.00 bits per heavy atom. The molecule has 128 valence electrons. The Bertz CT molecular complexity index is 712. The minimum atomic E-state index is -4.81. The van der Waals surface area contributed by atoms with Crippen molar-refractivity contribution in [3.05, 3.63) is 29.3 Å². The van der Waals surface area contributed by atoms with Crippen LogP contribution in [0, 0.1) is 17.2 Å². The normalized spacial score (nSPS) is 16.3. The van der Waals surface area contributed by atoms with E-state index in [2.05, 4.69) is 4.72 Å². The first kappa shape index (κ1) is 19.7. The van der Waals surface area contributed by atoms with Crippen molar-refractivity contribution in [2.24, 2.45) is 11.7 Å². The first-order valence-electron chi connectivity index (χ1n) is 6.53. The van der Waals surface area contributed by atoms with E-state index < -0.39 is 38.3 Å². The predicted molar refractivity (Wildman–Crippen MR) is 79.3 cm³/mol. The Hall–Kier alpha value is -1.34. The highest BCUT2D eigenvalue weighted by atomic mass is 35.5. The number of sulfonamides is 1. The second-order valence-corrected chi connectivity index (χ2v) is 6.83. The summed E-state index contributed by atoms with van der Waals surface area (Å²) in [6.45, 7) is 0.0757. The van der Waals surface area contributed by atoms with E-state index >= 15 is 0 Å². The van der Waals surface area contributed by atoms with Crippen molar-refractivity contribution in [3.8, 4) is 6.07 Å². The number of halogens is 4. The molecule has 0 bridgehead atoms. The molecule has 5 nitrogen and oxygen atoms in total. The Morgan fingerprint density at radius 3 is 2.43 bits per heavy atom. The summed E-state index contributed by atoms with van der Waals surface area (Å²) >= 11 is 0. The molecule has 0 saturated heterocycles. The minimum absolute atomic E-state index is 0. The second kappa shape index (κ2) is 7.05. The van der Waals surface area contributed by atoms with Gasteiger partial charge in [-0.15, -0.1) is 12.4 Å². The third-order valence-corrected chi connectivity index (χ3v) is 4.97. The molecule has 1 aliphatic carbocycles. The van der Waals surface area contributed by atoms with Crippen LogP contribution in [0.5, 0.6) is 0 Å². The lowest BCUT2D eigenvalue weighted by Gasteiger charge is -2.17. The molecule has 0 radical (unpaired) electrons. The van der Waals surface area contributed by atoms with Crippen molar-refractivity contribution in [2.45, 2.75) is 30.0 Å². The molecule has 0 aliphatic heterocycles. The number of nitrogens with one attached hydrogen (secondary N) is 1. The Kier molecular flexibility index (Phi) is 6.04. The van der Waals surface area contributed by atoms with Gasteiger partial charge in [0.15, 0.2) is 0 Å². The van der Waals surface area contributed by atoms with Crippen molar-refractivity contribution in [1.29, 1.82) is 5.26 Å². The highest BCUT2D eigenvalue weighted by Gasteiger charge is 2.36. The van der Waals surface area contributed by atoms with Gasteiger partial charge in [-0.3, -0.25) is 0 Å². The molecule has 1 atom stereocenters. The van der Waals surface area contributed by atoms with E-state index in [0.717, 1.165) is 25.0 Å². The van der Waals surface area contributed by atoms with Gasteiger partial charge in [0, 0.05) is 12.6 Å². The average molecular weight is 370 g/mol. The van der Waals surface area contributed by atoms with E-state index in [9.17, 15) is 21.6 Å². The Labute approximate surface area is 138 Å². The Morgan fingerprint density at radius 1 is 1.39 bits per heavy atom. The lowest BCUT2D eigenvalue weighted by Crippen LogP contribution is -2.41. The average Bonchev–Trinajstić information content (AvgIpc) is 3.27. The second-order valence-electron chi connectivity index (χ2n) is 5.12. The van der Waals surface area contributed by atoms with E-state index in [4.69, 9.17) is 11.0 Å². The summed E-state index contributed by atoms with van der Waals surface area (Å²) in [4.78, 5) is -0.530. The molecule has 23 heavy (non-hydrogen) atoms. The first-order chi connectivity index (χ1) is 10.2. The lowest BCUT2D eigenvalue weighted by atomic mass is 10.1. The quantitative estimate of drug-likeness (QED) is 0.829. The molecule has 3 N–H and O–H groups in total. The van der Waals surface area contributed by atoms with Gasteiger partial charge < -0.3 is 5.73 Å². The molecular formula is C13H15ClF3N3O2S. The van der Waals surface area contributed by atoms with Crippen LogP contribution in [0.4, 0.5) is 13.2 Å². The molecule has 0 aromatic heterocycles. The topological polar surface area (TPSA) is 96.0 Å². The summed E-state index contributed by atoms with van der Waals surface area (Å²) < 4.78 is 65.4. The summed E-state index contributed by atoms with van der Waals surface area (Å²) in [5.74, 6) is 0.125. The highest BCUT2D eigenvalue weighted by molar-refractivity contribution is 7.89. The molecule has 0 amide bonds. The summed E-state index contributed by atoms with van der Waals surface area (Å²) in [6, 6.07) is 3.22. The monoisotopic (exact) mass is 369 g/mol. The number of hydrogen-bond donors (Lipinski definition) is 2. The molecule has 1 fully saturated rings. The van der Waals surface area contributed by atoms with Crippen LogP contribution in [0.2, 0.25) is 0 Å². The summed E-state index contributed by atoms with van der Waals surface area (Å²) in [5.41, 5.74) is 3.60. The molecular weight excluding hydrogens is 355 g/mol. The summed E-state index contributed by atoms with van der Waals surface area (Å²) in [6.07, 6.45) is -3.13. The van der Waals surface area contributed by atoms with E-state index in [1.807, 2.05) is 0 Å². The van der Waals surface area contributed by atoms with Gasteiger partial charge in [-0.2, -0.15) is 18.4 Å². The van der Waals surface area contributed by atoms with Gasteiger partial charge >= 0.3 is 6.18 Å². The van der Waals surface area contributed by atoms with Crippen LogP contribution >= 0.6 is 12.4 Å².